The van der Waals surface area contributed by atoms with Crippen molar-refractivity contribution in [1.29, 1.82) is 0 Å². The molecule has 0 saturated heterocycles. The molecule has 1 aliphatic rings. The van der Waals surface area contributed by atoms with Crippen LogP contribution in [0.25, 0.3) is 0 Å². The fourth-order valence-corrected chi connectivity index (χ4v) is 1.76. The Kier molecular flexibility index (Phi) is 3.43. The molecule has 1 fully saturated rings. The Balaban J connectivity index is 1.92. The first-order chi connectivity index (χ1) is 8.06. The van der Waals surface area contributed by atoms with E-state index in [1.807, 2.05) is 25.1 Å². The van der Waals surface area contributed by atoms with Crippen molar-refractivity contribution in [3.63, 3.8) is 0 Å². The van der Waals surface area contributed by atoms with E-state index in [9.17, 15) is 4.79 Å². The van der Waals surface area contributed by atoms with Crippen LogP contribution in [-0.2, 0) is 4.79 Å². The first-order valence-electron chi connectivity index (χ1n) is 5.75. The first kappa shape index (κ1) is 12.0. The summed E-state index contributed by atoms with van der Waals surface area (Å²) in [5, 5.41) is 6.11. The van der Waals surface area contributed by atoms with Crippen LogP contribution in [0.2, 0.25) is 0 Å². The van der Waals surface area contributed by atoms with E-state index in [1.165, 1.54) is 11.1 Å². The largest absolute Gasteiger partial charge is 0.332 e. The molecule has 1 aromatic carbocycles. The summed E-state index contributed by atoms with van der Waals surface area (Å²) in [6, 6.07) is 6.01. The maximum atomic E-state index is 11.5. The Morgan fingerprint density at radius 2 is 2.00 bits per heavy atom. The maximum absolute atomic E-state index is 11.5. The predicted molar refractivity (Wildman–Crippen MR) is 73.0 cm³/mol. The number of thiocarbonyl (C=S) groups is 1. The zero-order valence-electron chi connectivity index (χ0n) is 10.0. The second kappa shape index (κ2) is 4.84. The molecular formula is C13H16N2OS. The molecule has 4 heteroatoms. The lowest BCUT2D eigenvalue weighted by Gasteiger charge is -2.10. The van der Waals surface area contributed by atoms with E-state index >= 15 is 0 Å². The molecule has 0 bridgehead atoms. The highest BCUT2D eigenvalue weighted by molar-refractivity contribution is 7.80. The van der Waals surface area contributed by atoms with Gasteiger partial charge in [-0.2, -0.15) is 0 Å². The molecule has 1 saturated carbocycles. The summed E-state index contributed by atoms with van der Waals surface area (Å²) in [5.41, 5.74) is 3.35. The molecule has 2 rings (SSSR count). The highest BCUT2D eigenvalue weighted by Gasteiger charge is 2.29. The van der Waals surface area contributed by atoms with Crippen molar-refractivity contribution in [2.45, 2.75) is 26.7 Å². The molecule has 0 heterocycles. The molecule has 0 atom stereocenters. The fourth-order valence-electron chi connectivity index (χ4n) is 1.54. The molecule has 0 aromatic heterocycles. The Labute approximate surface area is 107 Å². The summed E-state index contributed by atoms with van der Waals surface area (Å²) >= 11 is 5.09. The van der Waals surface area contributed by atoms with E-state index in [1.54, 1.807) is 0 Å². The van der Waals surface area contributed by atoms with Gasteiger partial charge in [0.15, 0.2) is 5.11 Å². The van der Waals surface area contributed by atoms with Crippen LogP contribution in [-0.4, -0.2) is 11.0 Å². The number of hydrogen-bond acceptors (Lipinski definition) is 2. The van der Waals surface area contributed by atoms with Crippen LogP contribution < -0.4 is 10.6 Å². The van der Waals surface area contributed by atoms with Gasteiger partial charge in [0.1, 0.15) is 0 Å². The van der Waals surface area contributed by atoms with Crippen molar-refractivity contribution in [3.8, 4) is 0 Å². The molecule has 1 aromatic rings. The lowest BCUT2D eigenvalue weighted by atomic mass is 10.1. The smallest absolute Gasteiger partial charge is 0.229 e. The lowest BCUT2D eigenvalue weighted by molar-refractivity contribution is -0.120. The number of hydrogen-bond donors (Lipinski definition) is 2. The molecule has 1 aliphatic carbocycles. The topological polar surface area (TPSA) is 41.1 Å². The lowest BCUT2D eigenvalue weighted by Crippen LogP contribution is -2.35. The number of anilines is 1. The summed E-state index contributed by atoms with van der Waals surface area (Å²) in [6.07, 6.45) is 1.97. The third kappa shape index (κ3) is 3.27. The van der Waals surface area contributed by atoms with E-state index < -0.39 is 0 Å². The van der Waals surface area contributed by atoms with Gasteiger partial charge in [0.05, 0.1) is 0 Å². The second-order valence-corrected chi connectivity index (χ2v) is 4.92. The number of benzene rings is 1. The minimum absolute atomic E-state index is 0.0336. The highest BCUT2D eigenvalue weighted by Crippen LogP contribution is 2.28. The van der Waals surface area contributed by atoms with Crippen molar-refractivity contribution < 1.29 is 4.79 Å². The van der Waals surface area contributed by atoms with Crippen molar-refractivity contribution >= 4 is 28.9 Å². The average Bonchev–Trinajstić information content (AvgIpc) is 3.06. The number of amides is 1. The van der Waals surface area contributed by atoms with Gasteiger partial charge >= 0.3 is 0 Å². The molecule has 90 valence electrons. The van der Waals surface area contributed by atoms with Gasteiger partial charge in [0.2, 0.25) is 5.91 Å². The van der Waals surface area contributed by atoms with E-state index in [4.69, 9.17) is 12.2 Å². The van der Waals surface area contributed by atoms with Crippen LogP contribution in [0.1, 0.15) is 24.0 Å². The molecule has 0 radical (unpaired) electrons. The van der Waals surface area contributed by atoms with Gasteiger partial charge in [-0.05, 0) is 62.2 Å². The zero-order chi connectivity index (χ0) is 12.4. The van der Waals surface area contributed by atoms with E-state index in [0.717, 1.165) is 18.5 Å². The second-order valence-electron chi connectivity index (χ2n) is 4.52. The summed E-state index contributed by atoms with van der Waals surface area (Å²) in [4.78, 5) is 11.5. The van der Waals surface area contributed by atoms with Crippen LogP contribution >= 0.6 is 12.2 Å². The van der Waals surface area contributed by atoms with Crippen molar-refractivity contribution in [2.75, 3.05) is 5.32 Å². The van der Waals surface area contributed by atoms with Crippen molar-refractivity contribution in [3.05, 3.63) is 29.3 Å². The SMILES string of the molecule is Cc1ccc(NC(=S)NC(=O)C2CC2)cc1C. The van der Waals surface area contributed by atoms with Gasteiger partial charge in [-0.3, -0.25) is 4.79 Å². The van der Waals surface area contributed by atoms with Crippen molar-refractivity contribution in [1.82, 2.24) is 5.32 Å². The van der Waals surface area contributed by atoms with Gasteiger partial charge in [-0.1, -0.05) is 6.07 Å². The van der Waals surface area contributed by atoms with Crippen LogP contribution in [0.5, 0.6) is 0 Å². The third-order valence-electron chi connectivity index (χ3n) is 2.95. The van der Waals surface area contributed by atoms with Crippen molar-refractivity contribution in [2.24, 2.45) is 5.92 Å². The Hall–Kier alpha value is -1.42. The van der Waals surface area contributed by atoms with Gasteiger partial charge in [0, 0.05) is 11.6 Å². The van der Waals surface area contributed by atoms with E-state index in [2.05, 4.69) is 17.6 Å². The van der Waals surface area contributed by atoms with E-state index in [0.29, 0.717) is 5.11 Å². The first-order valence-corrected chi connectivity index (χ1v) is 6.16. The number of nitrogens with one attached hydrogen (secondary N) is 2. The van der Waals surface area contributed by atoms with Crippen LogP contribution in [0.15, 0.2) is 18.2 Å². The third-order valence-corrected chi connectivity index (χ3v) is 3.15. The molecule has 0 unspecified atom stereocenters. The molecular weight excluding hydrogens is 232 g/mol. The highest BCUT2D eigenvalue weighted by atomic mass is 32.1. The molecule has 17 heavy (non-hydrogen) atoms. The van der Waals surface area contributed by atoms with Gasteiger partial charge in [0.25, 0.3) is 0 Å². The Morgan fingerprint density at radius 3 is 2.59 bits per heavy atom. The minimum atomic E-state index is 0.0336. The van der Waals surface area contributed by atoms with Gasteiger partial charge < -0.3 is 10.6 Å². The average molecular weight is 248 g/mol. The molecule has 0 aliphatic heterocycles. The maximum Gasteiger partial charge on any atom is 0.229 e. The summed E-state index contributed by atoms with van der Waals surface area (Å²) < 4.78 is 0. The molecule has 2 N–H and O–H groups in total. The Bertz CT molecular complexity index is 466. The standard InChI is InChI=1S/C13H16N2OS/c1-8-3-6-11(7-9(8)2)14-13(17)15-12(16)10-4-5-10/h3,6-7,10H,4-5H2,1-2H3,(H2,14,15,16,17). The fraction of sp³-hybridized carbons (Fsp3) is 0.385. The van der Waals surface area contributed by atoms with E-state index in [-0.39, 0.29) is 11.8 Å². The number of rotatable bonds is 2. The van der Waals surface area contributed by atoms with Crippen LogP contribution in [0.4, 0.5) is 5.69 Å². The van der Waals surface area contributed by atoms with Gasteiger partial charge in [-0.25, -0.2) is 0 Å². The number of aryl methyl sites for hydroxylation is 2. The van der Waals surface area contributed by atoms with Crippen LogP contribution in [0, 0.1) is 19.8 Å². The van der Waals surface area contributed by atoms with Crippen LogP contribution in [0.3, 0.4) is 0 Å². The normalized spacial score (nSPS) is 14.2. The summed E-state index contributed by atoms with van der Waals surface area (Å²) in [7, 11) is 0. The molecule has 1 amide bonds. The quantitative estimate of drug-likeness (QED) is 0.790. The zero-order valence-corrected chi connectivity index (χ0v) is 10.9. The monoisotopic (exact) mass is 248 g/mol. The molecule has 3 nitrogen and oxygen atoms in total. The number of carbonyl (C=O) groups is 1. The number of carbonyl (C=O) groups excluding carboxylic acids is 1. The predicted octanol–water partition coefficient (Wildman–Crippen LogP) is 2.53. The summed E-state index contributed by atoms with van der Waals surface area (Å²) in [5.74, 6) is 0.209. The molecule has 0 spiro atoms. The Morgan fingerprint density at radius 1 is 1.29 bits per heavy atom. The summed E-state index contributed by atoms with van der Waals surface area (Å²) in [6.45, 7) is 4.11. The minimum Gasteiger partial charge on any atom is -0.332 e. The van der Waals surface area contributed by atoms with Gasteiger partial charge in [-0.15, -0.1) is 0 Å².